The molecule has 5 heteroatoms. The topological polar surface area (TPSA) is 66.6 Å². The first-order valence-corrected chi connectivity index (χ1v) is 8.05. The Bertz CT molecular complexity index is 573. The standard InChI is InChI=1S/C17H23N3O2/c18-11-13-7-9-19(12-13)16(21)8-10-20-15-4-2-1-3-14(15)5-6-17(20)22/h1-4,13H,5-12,18H2. The minimum atomic E-state index is 0.118. The lowest BCUT2D eigenvalue weighted by molar-refractivity contribution is -0.130. The van der Waals surface area contributed by atoms with Crippen LogP contribution >= 0.6 is 0 Å². The molecular weight excluding hydrogens is 278 g/mol. The van der Waals surface area contributed by atoms with E-state index in [0.717, 1.165) is 31.6 Å². The Labute approximate surface area is 131 Å². The summed E-state index contributed by atoms with van der Waals surface area (Å²) in [5, 5.41) is 0. The van der Waals surface area contributed by atoms with Gasteiger partial charge in [-0.3, -0.25) is 9.59 Å². The van der Waals surface area contributed by atoms with E-state index in [1.165, 1.54) is 5.56 Å². The first kappa shape index (κ1) is 15.0. The molecule has 0 spiro atoms. The lowest BCUT2D eigenvalue weighted by Crippen LogP contribution is -2.39. The van der Waals surface area contributed by atoms with Crippen LogP contribution in [0.3, 0.4) is 0 Å². The van der Waals surface area contributed by atoms with E-state index in [4.69, 9.17) is 5.73 Å². The van der Waals surface area contributed by atoms with Crippen LogP contribution in [0, 0.1) is 5.92 Å². The SMILES string of the molecule is NCC1CCN(C(=O)CCN2C(=O)CCc3ccccc32)C1. The van der Waals surface area contributed by atoms with Crippen LogP contribution in [0.15, 0.2) is 24.3 Å². The highest BCUT2D eigenvalue weighted by Gasteiger charge is 2.27. The molecule has 1 aromatic carbocycles. The van der Waals surface area contributed by atoms with E-state index in [9.17, 15) is 9.59 Å². The third-order valence-corrected chi connectivity index (χ3v) is 4.71. The monoisotopic (exact) mass is 301 g/mol. The number of hydrogen-bond acceptors (Lipinski definition) is 3. The molecule has 0 aliphatic carbocycles. The summed E-state index contributed by atoms with van der Waals surface area (Å²) >= 11 is 0. The van der Waals surface area contributed by atoms with Gasteiger partial charge in [0, 0.05) is 38.2 Å². The van der Waals surface area contributed by atoms with Crippen molar-refractivity contribution in [3.05, 3.63) is 29.8 Å². The molecule has 2 aliphatic rings. The van der Waals surface area contributed by atoms with Crippen LogP contribution in [0.1, 0.15) is 24.8 Å². The van der Waals surface area contributed by atoms with E-state index in [2.05, 4.69) is 6.07 Å². The number of amides is 2. The highest BCUT2D eigenvalue weighted by molar-refractivity contribution is 5.97. The van der Waals surface area contributed by atoms with Crippen molar-refractivity contribution in [2.45, 2.75) is 25.7 Å². The van der Waals surface area contributed by atoms with Crippen LogP contribution in [0.5, 0.6) is 0 Å². The number of fused-ring (bicyclic) bond motifs is 1. The first-order valence-electron chi connectivity index (χ1n) is 8.05. The molecule has 22 heavy (non-hydrogen) atoms. The molecule has 2 amide bonds. The normalized spacial score (nSPS) is 21.1. The van der Waals surface area contributed by atoms with Crippen LogP contribution in [-0.2, 0) is 16.0 Å². The average molecular weight is 301 g/mol. The lowest BCUT2D eigenvalue weighted by atomic mass is 10.0. The van der Waals surface area contributed by atoms with Crippen molar-refractivity contribution < 1.29 is 9.59 Å². The number of nitrogens with two attached hydrogens (primary N) is 1. The summed E-state index contributed by atoms with van der Waals surface area (Å²) in [5.41, 5.74) is 7.83. The van der Waals surface area contributed by atoms with Gasteiger partial charge in [0.25, 0.3) is 0 Å². The summed E-state index contributed by atoms with van der Waals surface area (Å²) in [6.45, 7) is 2.67. The van der Waals surface area contributed by atoms with E-state index in [1.807, 2.05) is 23.1 Å². The molecule has 1 unspecified atom stereocenters. The number of rotatable bonds is 4. The van der Waals surface area contributed by atoms with Crippen LogP contribution in [0.2, 0.25) is 0 Å². The summed E-state index contributed by atoms with van der Waals surface area (Å²) in [4.78, 5) is 28.1. The molecule has 0 radical (unpaired) electrons. The summed E-state index contributed by atoms with van der Waals surface area (Å²) in [6, 6.07) is 7.97. The van der Waals surface area contributed by atoms with Crippen molar-refractivity contribution in [1.82, 2.24) is 4.90 Å². The zero-order valence-corrected chi connectivity index (χ0v) is 12.8. The van der Waals surface area contributed by atoms with Crippen molar-refractivity contribution in [2.24, 2.45) is 11.7 Å². The highest BCUT2D eigenvalue weighted by atomic mass is 16.2. The predicted molar refractivity (Wildman–Crippen MR) is 85.5 cm³/mol. The van der Waals surface area contributed by atoms with Gasteiger partial charge in [0.2, 0.25) is 11.8 Å². The number of aryl methyl sites for hydroxylation is 1. The van der Waals surface area contributed by atoms with Crippen LogP contribution < -0.4 is 10.6 Å². The van der Waals surface area contributed by atoms with Crippen molar-refractivity contribution in [2.75, 3.05) is 31.1 Å². The minimum Gasteiger partial charge on any atom is -0.342 e. The maximum Gasteiger partial charge on any atom is 0.227 e. The van der Waals surface area contributed by atoms with Crippen molar-refractivity contribution in [3.63, 3.8) is 0 Å². The molecule has 1 saturated heterocycles. The number of benzene rings is 1. The van der Waals surface area contributed by atoms with E-state index >= 15 is 0 Å². The quantitative estimate of drug-likeness (QED) is 0.907. The Morgan fingerprint density at radius 2 is 2.09 bits per heavy atom. The third kappa shape index (κ3) is 2.99. The van der Waals surface area contributed by atoms with Crippen LogP contribution in [0.4, 0.5) is 5.69 Å². The lowest BCUT2D eigenvalue weighted by Gasteiger charge is -2.29. The van der Waals surface area contributed by atoms with Crippen molar-refractivity contribution in [1.29, 1.82) is 0 Å². The third-order valence-electron chi connectivity index (χ3n) is 4.71. The fourth-order valence-corrected chi connectivity index (χ4v) is 3.36. The molecule has 1 fully saturated rings. The Kier molecular flexibility index (Phi) is 4.43. The number of anilines is 1. The smallest absolute Gasteiger partial charge is 0.227 e. The molecule has 2 heterocycles. The van der Waals surface area contributed by atoms with E-state index < -0.39 is 0 Å². The van der Waals surface area contributed by atoms with Gasteiger partial charge in [-0.15, -0.1) is 0 Å². The molecular formula is C17H23N3O2. The summed E-state index contributed by atoms with van der Waals surface area (Å²) in [5.74, 6) is 0.681. The number of hydrogen-bond donors (Lipinski definition) is 1. The largest absolute Gasteiger partial charge is 0.342 e. The maximum absolute atomic E-state index is 12.3. The number of likely N-dealkylation sites (tertiary alicyclic amines) is 1. The summed E-state index contributed by atoms with van der Waals surface area (Å²) in [7, 11) is 0. The number of carbonyl (C=O) groups excluding carboxylic acids is 2. The van der Waals surface area contributed by atoms with E-state index in [0.29, 0.717) is 31.8 Å². The molecule has 0 aromatic heterocycles. The second kappa shape index (κ2) is 6.48. The Balaban J connectivity index is 1.62. The van der Waals surface area contributed by atoms with Gasteiger partial charge in [0.1, 0.15) is 0 Å². The van der Waals surface area contributed by atoms with Gasteiger partial charge >= 0.3 is 0 Å². The average Bonchev–Trinajstić information content (AvgIpc) is 3.03. The molecule has 1 aromatic rings. The molecule has 1 atom stereocenters. The molecule has 2 aliphatic heterocycles. The Morgan fingerprint density at radius 3 is 2.86 bits per heavy atom. The van der Waals surface area contributed by atoms with Crippen molar-refractivity contribution in [3.8, 4) is 0 Å². The highest BCUT2D eigenvalue weighted by Crippen LogP contribution is 2.27. The van der Waals surface area contributed by atoms with E-state index in [-0.39, 0.29) is 11.8 Å². The van der Waals surface area contributed by atoms with Crippen LogP contribution in [0.25, 0.3) is 0 Å². The van der Waals surface area contributed by atoms with Gasteiger partial charge in [0.15, 0.2) is 0 Å². The number of carbonyl (C=O) groups is 2. The van der Waals surface area contributed by atoms with Crippen molar-refractivity contribution >= 4 is 17.5 Å². The number of nitrogens with zero attached hydrogens (tertiary/aromatic N) is 2. The van der Waals surface area contributed by atoms with Gasteiger partial charge < -0.3 is 15.5 Å². The van der Waals surface area contributed by atoms with Crippen LogP contribution in [-0.4, -0.2) is 42.9 Å². The molecule has 0 bridgehead atoms. The van der Waals surface area contributed by atoms with E-state index in [1.54, 1.807) is 4.90 Å². The fraction of sp³-hybridized carbons (Fsp3) is 0.529. The summed E-state index contributed by atoms with van der Waals surface area (Å²) in [6.07, 6.45) is 2.71. The van der Waals surface area contributed by atoms with Gasteiger partial charge in [-0.25, -0.2) is 0 Å². The summed E-state index contributed by atoms with van der Waals surface area (Å²) < 4.78 is 0. The zero-order valence-electron chi connectivity index (χ0n) is 12.8. The molecule has 2 N–H and O–H groups in total. The molecule has 3 rings (SSSR count). The Hall–Kier alpha value is -1.88. The molecule has 0 saturated carbocycles. The first-order chi connectivity index (χ1) is 10.7. The minimum absolute atomic E-state index is 0.118. The zero-order chi connectivity index (χ0) is 15.5. The second-order valence-corrected chi connectivity index (χ2v) is 6.15. The van der Waals surface area contributed by atoms with Gasteiger partial charge in [-0.2, -0.15) is 0 Å². The second-order valence-electron chi connectivity index (χ2n) is 6.15. The van der Waals surface area contributed by atoms with Gasteiger partial charge in [-0.05, 0) is 36.9 Å². The molecule has 5 nitrogen and oxygen atoms in total. The maximum atomic E-state index is 12.3. The Morgan fingerprint density at radius 1 is 1.27 bits per heavy atom. The van der Waals surface area contributed by atoms with Gasteiger partial charge in [-0.1, -0.05) is 18.2 Å². The number of para-hydroxylation sites is 1. The fourth-order valence-electron chi connectivity index (χ4n) is 3.36. The predicted octanol–water partition coefficient (Wildman–Crippen LogP) is 1.16. The van der Waals surface area contributed by atoms with Gasteiger partial charge in [0.05, 0.1) is 0 Å². The molecule has 118 valence electrons.